The Morgan fingerprint density at radius 3 is 2.76 bits per heavy atom. The van der Waals surface area contributed by atoms with Crippen molar-refractivity contribution in [1.82, 2.24) is 15.0 Å². The highest BCUT2D eigenvalue weighted by Gasteiger charge is 2.02. The minimum absolute atomic E-state index is 0.743. The molecular formula is C13H16N4. The van der Waals surface area contributed by atoms with Crippen molar-refractivity contribution in [3.63, 3.8) is 0 Å². The fourth-order valence-corrected chi connectivity index (χ4v) is 1.58. The van der Waals surface area contributed by atoms with E-state index in [9.17, 15) is 0 Å². The molecule has 4 nitrogen and oxygen atoms in total. The Kier molecular flexibility index (Phi) is 3.32. The van der Waals surface area contributed by atoms with Crippen molar-refractivity contribution in [2.24, 2.45) is 0 Å². The van der Waals surface area contributed by atoms with Crippen LogP contribution in [0.15, 0.2) is 24.7 Å². The summed E-state index contributed by atoms with van der Waals surface area (Å²) in [6, 6.07) is 2.01. The van der Waals surface area contributed by atoms with Gasteiger partial charge in [0.15, 0.2) is 0 Å². The van der Waals surface area contributed by atoms with Gasteiger partial charge in [0, 0.05) is 25.1 Å². The number of anilines is 1. The van der Waals surface area contributed by atoms with E-state index in [4.69, 9.17) is 0 Å². The summed E-state index contributed by atoms with van der Waals surface area (Å²) >= 11 is 0. The maximum Gasteiger partial charge on any atom is 0.148 e. The molecule has 0 atom stereocenters. The van der Waals surface area contributed by atoms with Gasteiger partial charge in [-0.15, -0.1) is 0 Å². The van der Waals surface area contributed by atoms with Gasteiger partial charge in [0.05, 0.1) is 11.4 Å². The minimum atomic E-state index is 0.743. The Morgan fingerprint density at radius 2 is 2.00 bits per heavy atom. The standard InChI is InChI=1S/C13H16N4/c1-9-6-14-5-4-12(9)8-16-13-11(3)15-7-10(2)17-13/h4-7H,8H2,1-3H3,(H,16,17). The summed E-state index contributed by atoms with van der Waals surface area (Å²) in [5, 5.41) is 3.31. The summed E-state index contributed by atoms with van der Waals surface area (Å²) < 4.78 is 0. The summed E-state index contributed by atoms with van der Waals surface area (Å²) in [5.41, 5.74) is 4.24. The number of nitrogens with zero attached hydrogens (tertiary/aromatic N) is 3. The Balaban J connectivity index is 2.12. The van der Waals surface area contributed by atoms with Crippen LogP contribution in [0.1, 0.15) is 22.5 Å². The van der Waals surface area contributed by atoms with Crippen LogP contribution in [0.4, 0.5) is 5.82 Å². The van der Waals surface area contributed by atoms with E-state index in [1.807, 2.05) is 26.1 Å². The van der Waals surface area contributed by atoms with Crippen molar-refractivity contribution in [3.05, 3.63) is 47.2 Å². The van der Waals surface area contributed by atoms with Gasteiger partial charge in [0.2, 0.25) is 0 Å². The number of aryl methyl sites for hydroxylation is 3. The van der Waals surface area contributed by atoms with Crippen LogP contribution in [0.5, 0.6) is 0 Å². The molecule has 0 amide bonds. The van der Waals surface area contributed by atoms with Crippen LogP contribution in [-0.2, 0) is 6.54 Å². The zero-order valence-electron chi connectivity index (χ0n) is 10.4. The molecule has 2 aromatic rings. The molecule has 2 rings (SSSR count). The molecule has 0 fully saturated rings. The largest absolute Gasteiger partial charge is 0.364 e. The summed E-state index contributed by atoms with van der Waals surface area (Å²) in [7, 11) is 0. The number of hydrogen-bond acceptors (Lipinski definition) is 4. The van der Waals surface area contributed by atoms with Crippen LogP contribution >= 0.6 is 0 Å². The van der Waals surface area contributed by atoms with E-state index >= 15 is 0 Å². The Bertz CT molecular complexity index is 523. The smallest absolute Gasteiger partial charge is 0.148 e. The molecule has 0 aliphatic heterocycles. The molecule has 88 valence electrons. The predicted octanol–water partition coefficient (Wildman–Crippen LogP) is 2.41. The molecule has 0 saturated carbocycles. The average molecular weight is 228 g/mol. The number of aromatic nitrogens is 3. The van der Waals surface area contributed by atoms with Gasteiger partial charge in [-0.3, -0.25) is 9.97 Å². The molecular weight excluding hydrogens is 212 g/mol. The third-order valence-electron chi connectivity index (χ3n) is 2.66. The van der Waals surface area contributed by atoms with Crippen molar-refractivity contribution in [2.75, 3.05) is 5.32 Å². The molecule has 0 aliphatic carbocycles. The third kappa shape index (κ3) is 2.78. The lowest BCUT2D eigenvalue weighted by Gasteiger charge is -2.10. The zero-order chi connectivity index (χ0) is 12.3. The van der Waals surface area contributed by atoms with Crippen molar-refractivity contribution in [2.45, 2.75) is 27.3 Å². The van der Waals surface area contributed by atoms with Crippen LogP contribution < -0.4 is 5.32 Å². The van der Waals surface area contributed by atoms with Crippen LogP contribution in [0.25, 0.3) is 0 Å². The first-order valence-corrected chi connectivity index (χ1v) is 5.60. The molecule has 2 aromatic heterocycles. The van der Waals surface area contributed by atoms with Gasteiger partial charge >= 0.3 is 0 Å². The zero-order valence-corrected chi connectivity index (χ0v) is 10.4. The summed E-state index contributed by atoms with van der Waals surface area (Å²) in [4.78, 5) is 12.8. The molecule has 0 aromatic carbocycles. The van der Waals surface area contributed by atoms with Crippen molar-refractivity contribution < 1.29 is 0 Å². The summed E-state index contributed by atoms with van der Waals surface area (Å²) in [6.45, 7) is 6.69. The molecule has 0 unspecified atom stereocenters. The van der Waals surface area contributed by atoms with Gasteiger partial charge in [0.1, 0.15) is 5.82 Å². The first-order chi connectivity index (χ1) is 8.16. The molecule has 1 N–H and O–H groups in total. The number of pyridine rings is 1. The fraction of sp³-hybridized carbons (Fsp3) is 0.308. The van der Waals surface area contributed by atoms with Crippen molar-refractivity contribution in [3.8, 4) is 0 Å². The van der Waals surface area contributed by atoms with E-state index in [1.54, 1.807) is 12.4 Å². The Hall–Kier alpha value is -1.97. The number of rotatable bonds is 3. The second kappa shape index (κ2) is 4.91. The van der Waals surface area contributed by atoms with Crippen LogP contribution in [0.2, 0.25) is 0 Å². The van der Waals surface area contributed by atoms with Gasteiger partial charge in [0.25, 0.3) is 0 Å². The fourth-order valence-electron chi connectivity index (χ4n) is 1.58. The van der Waals surface area contributed by atoms with E-state index in [-0.39, 0.29) is 0 Å². The second-order valence-corrected chi connectivity index (χ2v) is 4.10. The first-order valence-electron chi connectivity index (χ1n) is 5.60. The van der Waals surface area contributed by atoms with Crippen molar-refractivity contribution >= 4 is 5.82 Å². The highest BCUT2D eigenvalue weighted by molar-refractivity contribution is 5.41. The molecule has 2 heterocycles. The van der Waals surface area contributed by atoms with Gasteiger partial charge in [-0.25, -0.2) is 4.98 Å². The highest BCUT2D eigenvalue weighted by atomic mass is 15.0. The molecule has 17 heavy (non-hydrogen) atoms. The maximum absolute atomic E-state index is 4.43. The lowest BCUT2D eigenvalue weighted by Crippen LogP contribution is -2.06. The quantitative estimate of drug-likeness (QED) is 0.876. The number of hydrogen-bond donors (Lipinski definition) is 1. The first kappa shape index (κ1) is 11.5. The summed E-state index contributed by atoms with van der Waals surface area (Å²) in [5.74, 6) is 0.848. The second-order valence-electron chi connectivity index (χ2n) is 4.10. The molecule has 0 saturated heterocycles. The molecule has 0 bridgehead atoms. The van der Waals surface area contributed by atoms with Gasteiger partial charge < -0.3 is 5.32 Å². The van der Waals surface area contributed by atoms with E-state index in [1.165, 1.54) is 11.1 Å². The van der Waals surface area contributed by atoms with Crippen molar-refractivity contribution in [1.29, 1.82) is 0 Å². The van der Waals surface area contributed by atoms with Crippen LogP contribution in [-0.4, -0.2) is 15.0 Å². The third-order valence-corrected chi connectivity index (χ3v) is 2.66. The minimum Gasteiger partial charge on any atom is -0.364 e. The molecule has 4 heteroatoms. The topological polar surface area (TPSA) is 50.7 Å². The Labute approximate surface area is 101 Å². The SMILES string of the molecule is Cc1cnc(C)c(NCc2ccncc2C)n1. The van der Waals surface area contributed by atoms with E-state index < -0.39 is 0 Å². The van der Waals surface area contributed by atoms with E-state index in [0.29, 0.717) is 0 Å². The molecule has 0 spiro atoms. The van der Waals surface area contributed by atoms with Gasteiger partial charge in [-0.05, 0) is 38.0 Å². The number of nitrogens with one attached hydrogen (secondary N) is 1. The maximum atomic E-state index is 4.43. The monoisotopic (exact) mass is 228 g/mol. The Morgan fingerprint density at radius 1 is 1.18 bits per heavy atom. The van der Waals surface area contributed by atoms with Gasteiger partial charge in [-0.1, -0.05) is 0 Å². The average Bonchev–Trinajstić information content (AvgIpc) is 2.32. The van der Waals surface area contributed by atoms with E-state index in [2.05, 4.69) is 27.2 Å². The van der Waals surface area contributed by atoms with Gasteiger partial charge in [-0.2, -0.15) is 0 Å². The predicted molar refractivity (Wildman–Crippen MR) is 67.8 cm³/mol. The molecule has 0 radical (unpaired) electrons. The summed E-state index contributed by atoms with van der Waals surface area (Å²) in [6.07, 6.45) is 5.45. The highest BCUT2D eigenvalue weighted by Crippen LogP contribution is 2.12. The lowest BCUT2D eigenvalue weighted by molar-refractivity contribution is 1.01. The molecule has 0 aliphatic rings. The lowest BCUT2D eigenvalue weighted by atomic mass is 10.1. The van der Waals surface area contributed by atoms with Crippen LogP contribution in [0.3, 0.4) is 0 Å². The normalized spacial score (nSPS) is 10.3. The van der Waals surface area contributed by atoms with E-state index in [0.717, 1.165) is 23.8 Å². The van der Waals surface area contributed by atoms with Crippen LogP contribution in [0, 0.1) is 20.8 Å².